The molecular weight excluding hydrogens is 223 g/mol. The highest BCUT2D eigenvalue weighted by Crippen LogP contribution is 2.18. The zero-order chi connectivity index (χ0) is 11.5. The van der Waals surface area contributed by atoms with Crippen LogP contribution in [0.1, 0.15) is 5.56 Å². The van der Waals surface area contributed by atoms with E-state index in [1.807, 2.05) is 0 Å². The SMILES string of the molecule is O=C(O)C=Cc1ccccc1S(=O)(=O)F. The molecule has 0 saturated heterocycles. The largest absolute Gasteiger partial charge is 0.478 e. The van der Waals surface area contributed by atoms with Gasteiger partial charge in [-0.25, -0.2) is 4.79 Å². The van der Waals surface area contributed by atoms with Crippen LogP contribution in [-0.4, -0.2) is 19.5 Å². The van der Waals surface area contributed by atoms with Gasteiger partial charge in [0.2, 0.25) is 0 Å². The molecule has 0 saturated carbocycles. The first-order valence-electron chi connectivity index (χ1n) is 3.86. The summed E-state index contributed by atoms with van der Waals surface area (Å²) in [5.74, 6) is -1.24. The lowest BCUT2D eigenvalue weighted by Crippen LogP contribution is -1.95. The van der Waals surface area contributed by atoms with Crippen LogP contribution in [0.25, 0.3) is 6.08 Å². The maximum Gasteiger partial charge on any atom is 0.332 e. The standard InChI is InChI=1S/C9H7FO4S/c10-15(13,14)8-4-2-1-3-7(8)5-6-9(11)12/h1-6H,(H,11,12). The van der Waals surface area contributed by atoms with Gasteiger partial charge in [-0.3, -0.25) is 0 Å². The third-order valence-corrected chi connectivity index (χ3v) is 2.48. The Morgan fingerprint density at radius 2 is 1.93 bits per heavy atom. The van der Waals surface area contributed by atoms with Crippen molar-refractivity contribution in [2.45, 2.75) is 4.90 Å². The first-order chi connectivity index (χ1) is 6.91. The number of aliphatic carboxylic acids is 1. The van der Waals surface area contributed by atoms with Gasteiger partial charge in [0, 0.05) is 6.08 Å². The Hall–Kier alpha value is -1.69. The zero-order valence-electron chi connectivity index (χ0n) is 7.42. The van der Waals surface area contributed by atoms with E-state index in [-0.39, 0.29) is 5.56 Å². The van der Waals surface area contributed by atoms with E-state index in [0.29, 0.717) is 0 Å². The second-order valence-electron chi connectivity index (χ2n) is 2.65. The van der Waals surface area contributed by atoms with E-state index < -0.39 is 21.1 Å². The molecule has 1 aromatic rings. The fraction of sp³-hybridized carbons (Fsp3) is 0. The van der Waals surface area contributed by atoms with Crippen molar-refractivity contribution >= 4 is 22.3 Å². The molecule has 1 N–H and O–H groups in total. The summed E-state index contributed by atoms with van der Waals surface area (Å²) in [6, 6.07) is 5.21. The van der Waals surface area contributed by atoms with Gasteiger partial charge in [-0.2, -0.15) is 8.42 Å². The van der Waals surface area contributed by atoms with Crippen molar-refractivity contribution in [3.63, 3.8) is 0 Å². The van der Waals surface area contributed by atoms with E-state index in [9.17, 15) is 17.1 Å². The van der Waals surface area contributed by atoms with Crippen LogP contribution in [0.15, 0.2) is 35.2 Å². The molecule has 0 spiro atoms. The van der Waals surface area contributed by atoms with E-state index in [0.717, 1.165) is 18.2 Å². The van der Waals surface area contributed by atoms with Crippen LogP contribution < -0.4 is 0 Å². The van der Waals surface area contributed by atoms with Crippen LogP contribution in [0.4, 0.5) is 3.89 Å². The van der Waals surface area contributed by atoms with E-state index in [1.165, 1.54) is 18.2 Å². The first-order valence-corrected chi connectivity index (χ1v) is 5.24. The van der Waals surface area contributed by atoms with Crippen molar-refractivity contribution in [2.75, 3.05) is 0 Å². The molecule has 0 aliphatic rings. The normalized spacial score (nSPS) is 11.8. The van der Waals surface area contributed by atoms with Crippen molar-refractivity contribution in [1.29, 1.82) is 0 Å². The van der Waals surface area contributed by atoms with Gasteiger partial charge >= 0.3 is 16.2 Å². The van der Waals surface area contributed by atoms with Gasteiger partial charge in [0.15, 0.2) is 0 Å². The Bertz CT molecular complexity index is 505. The van der Waals surface area contributed by atoms with Gasteiger partial charge in [-0.05, 0) is 17.7 Å². The number of hydrogen-bond acceptors (Lipinski definition) is 3. The summed E-state index contributed by atoms with van der Waals surface area (Å²) >= 11 is 0. The molecule has 0 bridgehead atoms. The summed E-state index contributed by atoms with van der Waals surface area (Å²) in [5.41, 5.74) is 0.00222. The van der Waals surface area contributed by atoms with E-state index in [2.05, 4.69) is 0 Å². The highest BCUT2D eigenvalue weighted by molar-refractivity contribution is 7.86. The molecule has 0 fully saturated rings. The fourth-order valence-corrected chi connectivity index (χ4v) is 1.66. The number of carbonyl (C=O) groups is 1. The zero-order valence-corrected chi connectivity index (χ0v) is 8.24. The highest BCUT2D eigenvalue weighted by Gasteiger charge is 2.14. The highest BCUT2D eigenvalue weighted by atomic mass is 32.3. The molecule has 6 heteroatoms. The minimum atomic E-state index is -4.83. The fourth-order valence-electron chi connectivity index (χ4n) is 1.00. The Morgan fingerprint density at radius 1 is 1.33 bits per heavy atom. The van der Waals surface area contributed by atoms with E-state index >= 15 is 0 Å². The summed E-state index contributed by atoms with van der Waals surface area (Å²) < 4.78 is 34.0. The van der Waals surface area contributed by atoms with Crippen molar-refractivity contribution in [2.24, 2.45) is 0 Å². The number of carboxylic acids is 1. The molecule has 0 atom stereocenters. The summed E-state index contributed by atoms with van der Waals surface area (Å²) in [5, 5.41) is 8.34. The molecular formula is C9H7FO4S. The maximum absolute atomic E-state index is 12.7. The van der Waals surface area contributed by atoms with Gasteiger partial charge in [-0.15, -0.1) is 3.89 Å². The predicted octanol–water partition coefficient (Wildman–Crippen LogP) is 1.44. The van der Waals surface area contributed by atoms with Crippen LogP contribution >= 0.6 is 0 Å². The van der Waals surface area contributed by atoms with Gasteiger partial charge < -0.3 is 5.11 Å². The molecule has 0 aliphatic heterocycles. The minimum Gasteiger partial charge on any atom is -0.478 e. The molecule has 4 nitrogen and oxygen atoms in total. The molecule has 1 rings (SSSR count). The average molecular weight is 230 g/mol. The number of hydrogen-bond donors (Lipinski definition) is 1. The lowest BCUT2D eigenvalue weighted by atomic mass is 10.2. The molecule has 0 radical (unpaired) electrons. The summed E-state index contributed by atoms with van der Waals surface area (Å²) in [7, 11) is -4.83. The van der Waals surface area contributed by atoms with Gasteiger partial charge in [0.1, 0.15) is 4.90 Å². The van der Waals surface area contributed by atoms with Crippen LogP contribution in [0, 0.1) is 0 Å². The van der Waals surface area contributed by atoms with Crippen molar-refractivity contribution in [1.82, 2.24) is 0 Å². The number of carboxylic acid groups (broad SMARTS) is 1. The quantitative estimate of drug-likeness (QED) is 0.630. The predicted molar refractivity (Wildman–Crippen MR) is 51.4 cm³/mol. The minimum absolute atomic E-state index is 0.00222. The third-order valence-electron chi connectivity index (χ3n) is 1.59. The number of rotatable bonds is 3. The third kappa shape index (κ3) is 3.17. The Balaban J connectivity index is 3.25. The molecule has 15 heavy (non-hydrogen) atoms. The van der Waals surface area contributed by atoms with Crippen molar-refractivity contribution in [3.8, 4) is 0 Å². The Kier molecular flexibility index (Phi) is 3.21. The van der Waals surface area contributed by atoms with Crippen LogP contribution in [0.2, 0.25) is 0 Å². The summed E-state index contributed by atoms with van der Waals surface area (Å²) in [4.78, 5) is 9.66. The Labute approximate surface area is 85.9 Å². The maximum atomic E-state index is 12.7. The first kappa shape index (κ1) is 11.4. The molecule has 0 unspecified atom stereocenters. The summed E-state index contributed by atoms with van der Waals surface area (Å²) in [6.07, 6.45) is 1.76. The number of benzene rings is 1. The lowest BCUT2D eigenvalue weighted by Gasteiger charge is -1.99. The van der Waals surface area contributed by atoms with E-state index in [4.69, 9.17) is 5.11 Å². The van der Waals surface area contributed by atoms with E-state index in [1.54, 1.807) is 0 Å². The lowest BCUT2D eigenvalue weighted by molar-refractivity contribution is -0.131. The molecule has 0 heterocycles. The smallest absolute Gasteiger partial charge is 0.332 e. The van der Waals surface area contributed by atoms with Crippen LogP contribution in [0.5, 0.6) is 0 Å². The van der Waals surface area contributed by atoms with Gasteiger partial charge in [0.05, 0.1) is 0 Å². The van der Waals surface area contributed by atoms with Crippen LogP contribution in [-0.2, 0) is 15.0 Å². The van der Waals surface area contributed by atoms with Gasteiger partial charge in [0.25, 0.3) is 0 Å². The molecule has 0 aliphatic carbocycles. The molecule has 0 amide bonds. The second-order valence-corrected chi connectivity index (χ2v) is 3.96. The number of halogens is 1. The second kappa shape index (κ2) is 4.22. The van der Waals surface area contributed by atoms with Crippen molar-refractivity contribution < 1.29 is 22.2 Å². The molecule has 1 aromatic carbocycles. The monoisotopic (exact) mass is 230 g/mol. The van der Waals surface area contributed by atoms with Crippen molar-refractivity contribution in [3.05, 3.63) is 35.9 Å². The topological polar surface area (TPSA) is 71.4 Å². The Morgan fingerprint density at radius 3 is 2.47 bits per heavy atom. The molecule has 0 aromatic heterocycles. The van der Waals surface area contributed by atoms with Crippen LogP contribution in [0.3, 0.4) is 0 Å². The summed E-state index contributed by atoms with van der Waals surface area (Å²) in [6.45, 7) is 0. The van der Waals surface area contributed by atoms with Gasteiger partial charge in [-0.1, -0.05) is 18.2 Å². The molecule has 80 valence electrons. The average Bonchev–Trinajstić information content (AvgIpc) is 2.13.